The number of amides is 3. The second-order valence-electron chi connectivity index (χ2n) is 6.15. The highest BCUT2D eigenvalue weighted by Gasteiger charge is 2.08. The van der Waals surface area contributed by atoms with E-state index in [1.807, 2.05) is 24.3 Å². The molecule has 1 unspecified atom stereocenters. The van der Waals surface area contributed by atoms with Gasteiger partial charge in [0.15, 0.2) is 0 Å². The van der Waals surface area contributed by atoms with Gasteiger partial charge in [0.1, 0.15) is 5.75 Å². The van der Waals surface area contributed by atoms with E-state index in [0.29, 0.717) is 12.2 Å². The summed E-state index contributed by atoms with van der Waals surface area (Å²) >= 11 is 0. The molecule has 0 fully saturated rings. The Balaban J connectivity index is 1.63. The maximum Gasteiger partial charge on any atom is 0.315 e. The summed E-state index contributed by atoms with van der Waals surface area (Å²) in [6, 6.07) is 13.7. The lowest BCUT2D eigenvalue weighted by molar-refractivity contribution is 0.0300. The number of methoxy groups -OCH3 is 1. The summed E-state index contributed by atoms with van der Waals surface area (Å²) < 4.78 is 10.5. The highest BCUT2D eigenvalue weighted by Crippen LogP contribution is 2.12. The molecule has 0 spiro atoms. The van der Waals surface area contributed by atoms with Crippen LogP contribution in [0.5, 0.6) is 5.75 Å². The molecule has 0 bridgehead atoms. The Hall–Kier alpha value is -3.10. The summed E-state index contributed by atoms with van der Waals surface area (Å²) in [4.78, 5) is 23.0. The van der Waals surface area contributed by atoms with E-state index in [4.69, 9.17) is 15.2 Å². The van der Waals surface area contributed by atoms with E-state index in [1.54, 1.807) is 31.4 Å². The van der Waals surface area contributed by atoms with Crippen molar-refractivity contribution in [1.29, 1.82) is 0 Å². The van der Waals surface area contributed by atoms with Crippen molar-refractivity contribution >= 4 is 11.9 Å². The van der Waals surface area contributed by atoms with E-state index in [9.17, 15) is 14.7 Å². The third-order valence-electron chi connectivity index (χ3n) is 3.90. The van der Waals surface area contributed by atoms with Crippen LogP contribution in [-0.2, 0) is 17.9 Å². The van der Waals surface area contributed by atoms with Crippen LogP contribution in [0.15, 0.2) is 48.5 Å². The molecule has 0 aliphatic carbocycles. The number of nitrogens with two attached hydrogens (primary N) is 1. The van der Waals surface area contributed by atoms with Crippen molar-refractivity contribution in [3.63, 3.8) is 0 Å². The summed E-state index contributed by atoms with van der Waals surface area (Å²) in [6.45, 7) is 0.725. The third-order valence-corrected chi connectivity index (χ3v) is 3.90. The molecular formula is C20H25N3O5. The summed E-state index contributed by atoms with van der Waals surface area (Å²) in [5, 5.41) is 15.1. The second kappa shape index (κ2) is 10.9. The van der Waals surface area contributed by atoms with Crippen LogP contribution in [0.4, 0.5) is 4.79 Å². The molecule has 3 amide bonds. The first-order valence-corrected chi connectivity index (χ1v) is 8.77. The van der Waals surface area contributed by atoms with Gasteiger partial charge in [-0.25, -0.2) is 4.79 Å². The van der Waals surface area contributed by atoms with Crippen molar-refractivity contribution in [2.75, 3.05) is 20.3 Å². The van der Waals surface area contributed by atoms with Crippen LogP contribution in [0.3, 0.4) is 0 Å². The first-order chi connectivity index (χ1) is 13.5. The average Bonchev–Trinajstić information content (AvgIpc) is 2.71. The Bertz CT molecular complexity index is 780. The first kappa shape index (κ1) is 21.2. The minimum absolute atomic E-state index is 0.0514. The number of aliphatic hydroxyl groups excluding tert-OH is 1. The summed E-state index contributed by atoms with van der Waals surface area (Å²) in [5.41, 5.74) is 7.31. The predicted molar refractivity (Wildman–Crippen MR) is 104 cm³/mol. The number of hydrogen-bond donors (Lipinski definition) is 4. The van der Waals surface area contributed by atoms with Crippen molar-refractivity contribution in [2.24, 2.45) is 5.73 Å². The molecule has 2 aromatic rings. The van der Waals surface area contributed by atoms with Crippen LogP contribution in [0.2, 0.25) is 0 Å². The Morgan fingerprint density at radius 2 is 1.86 bits per heavy atom. The van der Waals surface area contributed by atoms with Crippen molar-refractivity contribution in [1.82, 2.24) is 10.6 Å². The number of urea groups is 1. The normalized spacial score (nSPS) is 11.5. The molecule has 0 saturated heterocycles. The zero-order valence-corrected chi connectivity index (χ0v) is 15.7. The van der Waals surface area contributed by atoms with Crippen molar-refractivity contribution in [3.8, 4) is 5.75 Å². The van der Waals surface area contributed by atoms with Gasteiger partial charge < -0.3 is 30.9 Å². The molecule has 2 rings (SSSR count). The molecule has 0 aliphatic rings. The maximum atomic E-state index is 11.8. The molecule has 28 heavy (non-hydrogen) atoms. The lowest BCUT2D eigenvalue weighted by Crippen LogP contribution is -2.40. The standard InChI is InChI=1S/C20H25N3O5/c1-27-18-7-5-14(6-8-18)12-28-13-17(24)11-23-20(26)22-10-15-3-2-4-16(9-15)19(21)25/h2-9,17,24H,10-13H2,1H3,(H2,21,25)(H2,22,23,26). The fourth-order valence-electron chi connectivity index (χ4n) is 2.38. The number of rotatable bonds is 10. The van der Waals surface area contributed by atoms with Crippen LogP contribution in [0.1, 0.15) is 21.5 Å². The van der Waals surface area contributed by atoms with Crippen LogP contribution in [0, 0.1) is 0 Å². The molecule has 0 radical (unpaired) electrons. The molecule has 8 nitrogen and oxygen atoms in total. The summed E-state index contributed by atoms with van der Waals surface area (Å²) in [6.07, 6.45) is -0.831. The van der Waals surface area contributed by atoms with Crippen molar-refractivity contribution in [2.45, 2.75) is 19.3 Å². The molecule has 5 N–H and O–H groups in total. The third kappa shape index (κ3) is 7.26. The van der Waals surface area contributed by atoms with Gasteiger partial charge in [-0.05, 0) is 35.4 Å². The molecule has 0 heterocycles. The van der Waals surface area contributed by atoms with Gasteiger partial charge >= 0.3 is 6.03 Å². The number of nitrogens with one attached hydrogen (secondary N) is 2. The average molecular weight is 387 g/mol. The molecule has 150 valence electrons. The zero-order valence-electron chi connectivity index (χ0n) is 15.7. The largest absolute Gasteiger partial charge is 0.497 e. The number of carbonyl (C=O) groups excluding carboxylic acids is 2. The lowest BCUT2D eigenvalue weighted by atomic mass is 10.1. The van der Waals surface area contributed by atoms with Crippen LogP contribution in [0.25, 0.3) is 0 Å². The van der Waals surface area contributed by atoms with Gasteiger partial charge in [0.05, 0.1) is 26.4 Å². The molecule has 0 saturated carbocycles. The smallest absolute Gasteiger partial charge is 0.315 e. The summed E-state index contributed by atoms with van der Waals surface area (Å²) in [5.74, 6) is 0.240. The topological polar surface area (TPSA) is 123 Å². The van der Waals surface area contributed by atoms with Gasteiger partial charge in [-0.3, -0.25) is 4.79 Å². The number of aliphatic hydroxyl groups is 1. The van der Waals surface area contributed by atoms with Crippen LogP contribution < -0.4 is 21.1 Å². The second-order valence-corrected chi connectivity index (χ2v) is 6.15. The fraction of sp³-hybridized carbons (Fsp3) is 0.300. The van der Waals surface area contributed by atoms with Crippen molar-refractivity contribution < 1.29 is 24.2 Å². The molecule has 0 aliphatic heterocycles. The minimum atomic E-state index is -0.831. The number of hydrogen-bond acceptors (Lipinski definition) is 5. The molecule has 1 atom stereocenters. The van der Waals surface area contributed by atoms with Gasteiger partial charge in [0.2, 0.25) is 5.91 Å². The van der Waals surface area contributed by atoms with E-state index in [-0.39, 0.29) is 19.7 Å². The van der Waals surface area contributed by atoms with E-state index < -0.39 is 18.0 Å². The first-order valence-electron chi connectivity index (χ1n) is 8.77. The van der Waals surface area contributed by atoms with E-state index in [1.165, 1.54) is 0 Å². The fourth-order valence-corrected chi connectivity index (χ4v) is 2.38. The molecule has 8 heteroatoms. The number of carbonyl (C=O) groups is 2. The van der Waals surface area contributed by atoms with Gasteiger partial charge in [-0.2, -0.15) is 0 Å². The number of benzene rings is 2. The van der Waals surface area contributed by atoms with Crippen molar-refractivity contribution in [3.05, 3.63) is 65.2 Å². The Morgan fingerprint density at radius 3 is 2.54 bits per heavy atom. The quantitative estimate of drug-likeness (QED) is 0.487. The zero-order chi connectivity index (χ0) is 20.4. The molecular weight excluding hydrogens is 362 g/mol. The van der Waals surface area contributed by atoms with Gasteiger partial charge in [0.25, 0.3) is 0 Å². The Morgan fingerprint density at radius 1 is 1.11 bits per heavy atom. The van der Waals surface area contributed by atoms with E-state index >= 15 is 0 Å². The minimum Gasteiger partial charge on any atom is -0.497 e. The van der Waals surface area contributed by atoms with Crippen LogP contribution in [-0.4, -0.2) is 43.4 Å². The van der Waals surface area contributed by atoms with Gasteiger partial charge in [-0.1, -0.05) is 24.3 Å². The van der Waals surface area contributed by atoms with E-state index in [0.717, 1.165) is 16.9 Å². The SMILES string of the molecule is COc1ccc(COCC(O)CNC(=O)NCc2cccc(C(N)=O)c2)cc1. The number of primary amides is 1. The Kier molecular flexibility index (Phi) is 8.26. The molecule has 2 aromatic carbocycles. The maximum absolute atomic E-state index is 11.8. The lowest BCUT2D eigenvalue weighted by Gasteiger charge is -2.13. The van der Waals surface area contributed by atoms with Crippen LogP contribution >= 0.6 is 0 Å². The molecule has 0 aromatic heterocycles. The highest BCUT2D eigenvalue weighted by molar-refractivity contribution is 5.92. The van der Waals surface area contributed by atoms with E-state index in [2.05, 4.69) is 10.6 Å². The summed E-state index contributed by atoms with van der Waals surface area (Å²) in [7, 11) is 1.60. The van der Waals surface area contributed by atoms with Gasteiger partial charge in [0, 0.05) is 18.7 Å². The monoisotopic (exact) mass is 387 g/mol. The predicted octanol–water partition coefficient (Wildman–Crippen LogP) is 1.17. The van der Waals surface area contributed by atoms with Gasteiger partial charge in [-0.15, -0.1) is 0 Å². The highest BCUT2D eigenvalue weighted by atomic mass is 16.5. The Labute approximate surface area is 163 Å². The number of ether oxygens (including phenoxy) is 2.